The molecule has 1 spiro atoms. The SMILES string of the molecule is COc1ccc2c(c1)C1CC1(C(=O)N1CC3N(Cc4ccccc4)C4CCC43C1)Cn1c-2c(C2CCCCC2)c2ccc(C(=O)NS(=O)(=O)N(C)C)cc21.NCc1ccccc1. The number of nitrogens with two attached hydrogens (primary N) is 1. The maximum absolute atomic E-state index is 15.3. The molecule has 2 amide bonds. The van der Waals surface area contributed by atoms with Gasteiger partial charge in [-0.2, -0.15) is 12.7 Å². The lowest BCUT2D eigenvalue weighted by Gasteiger charge is -2.67. The molecule has 3 aliphatic carbocycles. The molecule has 4 aromatic carbocycles. The highest BCUT2D eigenvalue weighted by molar-refractivity contribution is 7.87. The van der Waals surface area contributed by atoms with Gasteiger partial charge in [0.05, 0.1) is 18.2 Å². The Morgan fingerprint density at radius 1 is 0.871 bits per heavy atom. The number of nitrogens with zero attached hydrogens (tertiary/aromatic N) is 4. The molecule has 324 valence electrons. The Morgan fingerprint density at radius 3 is 2.24 bits per heavy atom. The van der Waals surface area contributed by atoms with Crippen molar-refractivity contribution in [2.24, 2.45) is 16.6 Å². The molecule has 1 aromatic heterocycles. The standard InChI is InChI=1S/C43H49N5O5S.C7H9N/c1-45(2)54(51,52)44-40(49)29-14-16-32-35(20-29)48-26-43(41(50)46-24-37-42(25-46)19-18-36(42)47(37)23-27-10-6-4-7-11-27)22-34(43)33-21-30(53-3)15-17-31(33)39(48)38(32)28-12-8-5-9-13-28;8-6-7-4-2-1-3-5-7/h4,6-7,10-11,14-17,20-21,28,34,36-37H,5,8-9,12-13,18-19,22-26H2,1-3H3,(H,44,49);1-5H,6,8H2. The number of rotatable bonds is 9. The first-order chi connectivity index (χ1) is 30.0. The number of amides is 2. The zero-order valence-corrected chi connectivity index (χ0v) is 36.9. The number of hydrogen-bond donors (Lipinski definition) is 2. The van der Waals surface area contributed by atoms with Gasteiger partial charge < -0.3 is 19.9 Å². The van der Waals surface area contributed by atoms with Gasteiger partial charge in [-0.15, -0.1) is 0 Å². The van der Waals surface area contributed by atoms with E-state index in [4.69, 9.17) is 10.5 Å². The summed E-state index contributed by atoms with van der Waals surface area (Å²) in [5.74, 6) is 0.765. The smallest absolute Gasteiger partial charge is 0.303 e. The minimum absolute atomic E-state index is 0.0503. The van der Waals surface area contributed by atoms with E-state index in [1.54, 1.807) is 13.2 Å². The van der Waals surface area contributed by atoms with Gasteiger partial charge in [0.2, 0.25) is 5.91 Å². The average Bonchev–Trinajstić information content (AvgIpc) is 3.79. The van der Waals surface area contributed by atoms with Crippen LogP contribution in [0.5, 0.6) is 5.75 Å². The lowest BCUT2D eigenvalue weighted by atomic mass is 9.53. The van der Waals surface area contributed by atoms with Crippen molar-refractivity contribution in [3.05, 3.63) is 125 Å². The average molecular weight is 855 g/mol. The van der Waals surface area contributed by atoms with E-state index in [-0.39, 0.29) is 22.8 Å². The van der Waals surface area contributed by atoms with Crippen LogP contribution in [-0.2, 0) is 34.6 Å². The predicted octanol–water partition coefficient (Wildman–Crippen LogP) is 7.41. The van der Waals surface area contributed by atoms with Crippen molar-refractivity contribution in [2.75, 3.05) is 34.3 Å². The van der Waals surface area contributed by atoms with E-state index < -0.39 is 21.5 Å². The van der Waals surface area contributed by atoms with E-state index in [0.29, 0.717) is 31.1 Å². The first-order valence-corrected chi connectivity index (χ1v) is 23.8. The van der Waals surface area contributed by atoms with E-state index in [9.17, 15) is 13.2 Å². The summed E-state index contributed by atoms with van der Waals surface area (Å²) in [6.07, 6.45) is 8.88. The number of carbonyl (C=O) groups excluding carboxylic acids is 2. The fraction of sp³-hybridized carbons (Fsp3) is 0.440. The minimum atomic E-state index is -3.98. The summed E-state index contributed by atoms with van der Waals surface area (Å²) in [5.41, 5.74) is 13.3. The molecule has 2 saturated heterocycles. The molecule has 3 saturated carbocycles. The Morgan fingerprint density at radius 2 is 1.60 bits per heavy atom. The molecule has 11 rings (SSSR count). The number of benzene rings is 4. The van der Waals surface area contributed by atoms with E-state index in [0.717, 1.165) is 71.1 Å². The van der Waals surface area contributed by atoms with Crippen LogP contribution in [0.1, 0.15) is 95.8 Å². The summed E-state index contributed by atoms with van der Waals surface area (Å²) in [6.45, 7) is 3.66. The Labute approximate surface area is 365 Å². The molecule has 3 N–H and O–H groups in total. The highest BCUT2D eigenvalue weighted by Crippen LogP contribution is 2.68. The molecule has 3 aliphatic heterocycles. The molecule has 0 radical (unpaired) electrons. The monoisotopic (exact) mass is 854 g/mol. The Kier molecular flexibility index (Phi) is 10.4. The minimum Gasteiger partial charge on any atom is -0.497 e. The van der Waals surface area contributed by atoms with Gasteiger partial charge in [0.1, 0.15) is 5.75 Å². The molecule has 11 nitrogen and oxygen atoms in total. The molecule has 12 heteroatoms. The maximum atomic E-state index is 15.3. The van der Waals surface area contributed by atoms with Crippen LogP contribution in [0, 0.1) is 10.8 Å². The van der Waals surface area contributed by atoms with Crippen molar-refractivity contribution in [3.63, 3.8) is 0 Å². The normalized spacial score (nSPS) is 26.0. The van der Waals surface area contributed by atoms with Gasteiger partial charge in [0.25, 0.3) is 5.91 Å². The molecular weight excluding hydrogens is 797 g/mol. The Bertz CT molecular complexity index is 2640. The molecule has 0 bridgehead atoms. The van der Waals surface area contributed by atoms with Gasteiger partial charge in [-0.3, -0.25) is 14.5 Å². The number of piperidine rings is 1. The van der Waals surface area contributed by atoms with Crippen molar-refractivity contribution in [3.8, 4) is 17.0 Å². The number of aromatic nitrogens is 1. The zero-order valence-electron chi connectivity index (χ0n) is 36.1. The van der Waals surface area contributed by atoms with Crippen LogP contribution in [0.2, 0.25) is 0 Å². The number of nitrogens with one attached hydrogen (secondary N) is 1. The summed E-state index contributed by atoms with van der Waals surface area (Å²) >= 11 is 0. The van der Waals surface area contributed by atoms with Crippen molar-refractivity contribution in [1.82, 2.24) is 23.4 Å². The first kappa shape index (κ1) is 41.0. The summed E-state index contributed by atoms with van der Waals surface area (Å²) < 4.78 is 36.7. The quantitative estimate of drug-likeness (QED) is 0.158. The van der Waals surface area contributed by atoms with Gasteiger partial charge in [0, 0.05) is 92.3 Å². The molecule has 5 unspecified atom stereocenters. The lowest BCUT2D eigenvalue weighted by Crippen LogP contribution is -2.75. The van der Waals surface area contributed by atoms with Crippen molar-refractivity contribution in [1.29, 1.82) is 0 Å². The van der Waals surface area contributed by atoms with Crippen LogP contribution in [-0.4, -0.2) is 85.3 Å². The van der Waals surface area contributed by atoms with Crippen LogP contribution in [0.25, 0.3) is 22.2 Å². The number of carbonyl (C=O) groups is 2. The Balaban J connectivity index is 0.000000518. The number of ether oxygens (including phenoxy) is 1. The zero-order chi connectivity index (χ0) is 43.0. The highest BCUT2D eigenvalue weighted by Gasteiger charge is 2.72. The van der Waals surface area contributed by atoms with Crippen molar-refractivity contribution >= 4 is 32.9 Å². The molecule has 62 heavy (non-hydrogen) atoms. The van der Waals surface area contributed by atoms with E-state index in [1.807, 2.05) is 48.5 Å². The van der Waals surface area contributed by atoms with Gasteiger partial charge in [-0.25, -0.2) is 4.72 Å². The topological polar surface area (TPSA) is 130 Å². The third-order valence-electron chi connectivity index (χ3n) is 15.4. The van der Waals surface area contributed by atoms with E-state index >= 15 is 4.79 Å². The second kappa shape index (κ2) is 15.7. The number of hydrogen-bond acceptors (Lipinski definition) is 7. The van der Waals surface area contributed by atoms with Crippen LogP contribution in [0.15, 0.2) is 97.1 Å². The van der Waals surface area contributed by atoms with Gasteiger partial charge >= 0.3 is 10.2 Å². The highest BCUT2D eigenvalue weighted by atomic mass is 32.2. The third-order valence-corrected chi connectivity index (χ3v) is 16.8. The summed E-state index contributed by atoms with van der Waals surface area (Å²) in [4.78, 5) is 33.7. The van der Waals surface area contributed by atoms with Gasteiger partial charge in [-0.05, 0) is 90.6 Å². The molecule has 5 fully saturated rings. The first-order valence-electron chi connectivity index (χ1n) is 22.4. The Hall–Kier alpha value is -5.01. The molecule has 5 aromatic rings. The van der Waals surface area contributed by atoms with Gasteiger partial charge in [-0.1, -0.05) is 86.0 Å². The lowest BCUT2D eigenvalue weighted by molar-refractivity contribution is -0.182. The maximum Gasteiger partial charge on any atom is 0.303 e. The largest absolute Gasteiger partial charge is 0.497 e. The summed E-state index contributed by atoms with van der Waals surface area (Å²) in [5, 5.41) is 1.08. The number of fused-ring (bicyclic) bond motifs is 7. The summed E-state index contributed by atoms with van der Waals surface area (Å²) in [7, 11) is 0.514. The number of methoxy groups -OCH3 is 1. The van der Waals surface area contributed by atoms with Crippen molar-refractivity contribution < 1.29 is 22.7 Å². The molecule has 6 aliphatic rings. The van der Waals surface area contributed by atoms with E-state index in [2.05, 4.69) is 61.6 Å². The fourth-order valence-corrected chi connectivity index (χ4v) is 12.5. The summed E-state index contributed by atoms with van der Waals surface area (Å²) in [6, 6.07) is 33.6. The van der Waals surface area contributed by atoms with Crippen LogP contribution >= 0.6 is 0 Å². The second-order valence-corrected chi connectivity index (χ2v) is 20.7. The van der Waals surface area contributed by atoms with Crippen LogP contribution < -0.4 is 15.2 Å². The molecule has 5 atom stereocenters. The van der Waals surface area contributed by atoms with E-state index in [1.165, 1.54) is 68.5 Å². The van der Waals surface area contributed by atoms with Crippen LogP contribution in [0.4, 0.5) is 0 Å². The predicted molar refractivity (Wildman–Crippen MR) is 242 cm³/mol. The molecular formula is C50H58N6O5S. The van der Waals surface area contributed by atoms with Gasteiger partial charge in [0.15, 0.2) is 0 Å². The fourth-order valence-electron chi connectivity index (χ4n) is 12.0. The van der Waals surface area contributed by atoms with Crippen molar-refractivity contribution in [2.45, 2.75) is 94.9 Å². The van der Waals surface area contributed by atoms with Crippen LogP contribution in [0.3, 0.4) is 0 Å². The second-order valence-electron chi connectivity index (χ2n) is 18.8. The third kappa shape index (κ3) is 6.67. The molecule has 4 heterocycles. The number of likely N-dealkylation sites (tertiary alicyclic amines) is 2.